The number of nitrogens with zero attached hydrogens (tertiary/aromatic N) is 3. The van der Waals surface area contributed by atoms with Crippen LogP contribution in [-0.2, 0) is 16.2 Å². The van der Waals surface area contributed by atoms with E-state index in [1.165, 1.54) is 7.11 Å². The fourth-order valence-corrected chi connectivity index (χ4v) is 3.62. The quantitative estimate of drug-likeness (QED) is 0.270. The van der Waals surface area contributed by atoms with E-state index in [2.05, 4.69) is 29.7 Å². The van der Waals surface area contributed by atoms with Gasteiger partial charge in [0.1, 0.15) is 12.2 Å². The number of hydrogen-bond acceptors (Lipinski definition) is 5. The van der Waals surface area contributed by atoms with Gasteiger partial charge >= 0.3 is 5.97 Å². The van der Waals surface area contributed by atoms with Gasteiger partial charge in [-0.1, -0.05) is 37.3 Å². The molecule has 0 N–H and O–H groups in total. The lowest BCUT2D eigenvalue weighted by molar-refractivity contribution is 0.0601. The number of hydrogen-bond donors (Lipinski definition) is 0. The van der Waals surface area contributed by atoms with Crippen LogP contribution in [0.2, 0.25) is 30.8 Å². The number of methoxy groups -OCH3 is 1. The third-order valence-electron chi connectivity index (χ3n) is 4.10. The Bertz CT molecular complexity index is 966. The van der Waals surface area contributed by atoms with E-state index in [1.54, 1.807) is 16.8 Å². The normalized spacial score (nSPS) is 12.0. The maximum Gasteiger partial charge on any atom is 0.337 e. The Morgan fingerprint density at radius 2 is 2.04 bits per heavy atom. The summed E-state index contributed by atoms with van der Waals surface area (Å²) in [5, 5.41) is 6.55. The predicted molar refractivity (Wildman–Crippen MR) is 105 cm³/mol. The first-order chi connectivity index (χ1) is 12.3. The molecular formula is C18H22ClN3O3Si. The first-order valence-electron chi connectivity index (χ1n) is 8.41. The van der Waals surface area contributed by atoms with Crippen LogP contribution in [0.25, 0.3) is 21.8 Å². The van der Waals surface area contributed by atoms with Crippen LogP contribution in [-0.4, -0.2) is 42.5 Å². The monoisotopic (exact) mass is 391 g/mol. The van der Waals surface area contributed by atoms with Gasteiger partial charge in [0.05, 0.1) is 18.2 Å². The summed E-state index contributed by atoms with van der Waals surface area (Å²) in [5.41, 5.74) is 1.69. The minimum Gasteiger partial charge on any atom is -0.465 e. The van der Waals surface area contributed by atoms with Crippen molar-refractivity contribution >= 4 is 47.4 Å². The third kappa shape index (κ3) is 4.06. The van der Waals surface area contributed by atoms with Gasteiger partial charge in [-0.25, -0.2) is 14.5 Å². The molecule has 0 aliphatic heterocycles. The molecule has 2 aromatic heterocycles. The molecule has 0 saturated carbocycles. The van der Waals surface area contributed by atoms with E-state index in [0.717, 1.165) is 23.4 Å². The minimum atomic E-state index is -1.11. The van der Waals surface area contributed by atoms with E-state index in [1.807, 2.05) is 12.3 Å². The Kier molecular flexibility index (Phi) is 5.31. The summed E-state index contributed by atoms with van der Waals surface area (Å²) in [5.74, 6) is -0.406. The van der Waals surface area contributed by atoms with E-state index >= 15 is 0 Å². The number of carbonyl (C=O) groups is 1. The van der Waals surface area contributed by atoms with Crippen LogP contribution in [0.15, 0.2) is 24.4 Å². The van der Waals surface area contributed by atoms with Crippen molar-refractivity contribution in [2.24, 2.45) is 0 Å². The zero-order valence-electron chi connectivity index (χ0n) is 15.4. The van der Waals surface area contributed by atoms with Gasteiger partial charge in [0, 0.05) is 31.7 Å². The van der Waals surface area contributed by atoms with Gasteiger partial charge in [-0.2, -0.15) is 5.10 Å². The molecule has 0 amide bonds. The van der Waals surface area contributed by atoms with Gasteiger partial charge in [-0.15, -0.1) is 0 Å². The van der Waals surface area contributed by atoms with Crippen LogP contribution < -0.4 is 0 Å². The summed E-state index contributed by atoms with van der Waals surface area (Å²) in [6, 6.07) is 6.33. The first-order valence-corrected chi connectivity index (χ1v) is 12.5. The molecule has 0 aliphatic carbocycles. The van der Waals surface area contributed by atoms with Crippen LogP contribution in [0.4, 0.5) is 0 Å². The first kappa shape index (κ1) is 18.8. The molecule has 0 unspecified atom stereocenters. The second-order valence-corrected chi connectivity index (χ2v) is 13.4. The van der Waals surface area contributed by atoms with Gasteiger partial charge in [-0.3, -0.25) is 0 Å². The second-order valence-electron chi connectivity index (χ2n) is 7.40. The molecule has 0 radical (unpaired) electrons. The Morgan fingerprint density at radius 1 is 1.27 bits per heavy atom. The summed E-state index contributed by atoms with van der Waals surface area (Å²) in [7, 11) is 0.236. The van der Waals surface area contributed by atoms with Crippen LogP contribution in [0.5, 0.6) is 0 Å². The molecule has 0 spiro atoms. The number of carbonyl (C=O) groups excluding carboxylic acids is 1. The molecular weight excluding hydrogens is 370 g/mol. The largest absolute Gasteiger partial charge is 0.465 e. The SMILES string of the molecule is COC(=O)c1ccc2c(c1)nc(Cl)c1nn(COCC[Si](C)(C)C)cc12. The number of ether oxygens (including phenoxy) is 2. The topological polar surface area (TPSA) is 66.2 Å². The van der Waals surface area contributed by atoms with Crippen LogP contribution in [0.1, 0.15) is 10.4 Å². The predicted octanol–water partition coefficient (Wildman–Crippen LogP) is 4.34. The van der Waals surface area contributed by atoms with Crippen LogP contribution >= 0.6 is 11.6 Å². The standard InChI is InChI=1S/C18H22ClN3O3Si/c1-24-18(23)12-5-6-13-14-10-22(11-25-7-8-26(2,3)4)21-16(14)17(19)20-15(13)9-12/h5-6,9-10H,7-8,11H2,1-4H3. The number of esters is 1. The molecule has 0 atom stereocenters. The zero-order valence-corrected chi connectivity index (χ0v) is 17.1. The number of fused-ring (bicyclic) bond motifs is 3. The highest BCUT2D eigenvalue weighted by molar-refractivity contribution is 6.76. The highest BCUT2D eigenvalue weighted by atomic mass is 35.5. The Labute approximate surface area is 158 Å². The Morgan fingerprint density at radius 3 is 2.73 bits per heavy atom. The molecule has 2 heterocycles. The lowest BCUT2D eigenvalue weighted by atomic mass is 10.1. The molecule has 6 nitrogen and oxygen atoms in total. The average molecular weight is 392 g/mol. The molecule has 3 aromatic rings. The van der Waals surface area contributed by atoms with E-state index in [4.69, 9.17) is 21.1 Å². The van der Waals surface area contributed by atoms with Crippen molar-refractivity contribution in [2.75, 3.05) is 13.7 Å². The number of pyridine rings is 1. The third-order valence-corrected chi connectivity index (χ3v) is 6.07. The summed E-state index contributed by atoms with van der Waals surface area (Å²) in [6.07, 6.45) is 1.90. The highest BCUT2D eigenvalue weighted by Gasteiger charge is 2.15. The molecule has 0 saturated heterocycles. The van der Waals surface area contributed by atoms with Crippen molar-refractivity contribution in [2.45, 2.75) is 32.4 Å². The van der Waals surface area contributed by atoms with E-state index in [-0.39, 0.29) is 0 Å². The van der Waals surface area contributed by atoms with Gasteiger partial charge in [0.15, 0.2) is 5.15 Å². The van der Waals surface area contributed by atoms with E-state index in [0.29, 0.717) is 28.5 Å². The van der Waals surface area contributed by atoms with E-state index in [9.17, 15) is 4.79 Å². The summed E-state index contributed by atoms with van der Waals surface area (Å²) in [4.78, 5) is 16.1. The Balaban J connectivity index is 1.89. The summed E-state index contributed by atoms with van der Waals surface area (Å²) in [6.45, 7) is 8.05. The molecule has 138 valence electrons. The Hall–Kier alpha value is -1.96. The smallest absolute Gasteiger partial charge is 0.337 e. The molecule has 0 bridgehead atoms. The van der Waals surface area contributed by atoms with Crippen LogP contribution in [0.3, 0.4) is 0 Å². The fraction of sp³-hybridized carbons (Fsp3) is 0.389. The van der Waals surface area contributed by atoms with Crippen LogP contribution in [0, 0.1) is 0 Å². The van der Waals surface area contributed by atoms with Crippen molar-refractivity contribution < 1.29 is 14.3 Å². The number of benzene rings is 1. The number of aromatic nitrogens is 3. The van der Waals surface area contributed by atoms with Crippen molar-refractivity contribution in [3.63, 3.8) is 0 Å². The zero-order chi connectivity index (χ0) is 18.9. The van der Waals surface area contributed by atoms with Gasteiger partial charge < -0.3 is 9.47 Å². The molecule has 26 heavy (non-hydrogen) atoms. The average Bonchev–Trinajstić information content (AvgIpc) is 3.02. The van der Waals surface area contributed by atoms with Crippen molar-refractivity contribution in [1.82, 2.24) is 14.8 Å². The van der Waals surface area contributed by atoms with E-state index < -0.39 is 14.0 Å². The van der Waals surface area contributed by atoms with Crippen molar-refractivity contribution in [3.8, 4) is 0 Å². The molecule has 0 fully saturated rings. The van der Waals surface area contributed by atoms with Crippen molar-refractivity contribution in [3.05, 3.63) is 35.1 Å². The maximum atomic E-state index is 11.7. The van der Waals surface area contributed by atoms with Gasteiger partial charge in [0.25, 0.3) is 0 Å². The highest BCUT2D eigenvalue weighted by Crippen LogP contribution is 2.29. The number of halogens is 1. The molecule has 3 rings (SSSR count). The molecule has 0 aliphatic rings. The fourth-order valence-electron chi connectivity index (χ4n) is 2.63. The maximum absolute atomic E-state index is 11.7. The molecule has 8 heteroatoms. The van der Waals surface area contributed by atoms with Gasteiger partial charge in [0.2, 0.25) is 0 Å². The summed E-state index contributed by atoms with van der Waals surface area (Å²) >= 11 is 6.30. The summed E-state index contributed by atoms with van der Waals surface area (Å²) < 4.78 is 12.2. The van der Waals surface area contributed by atoms with Crippen molar-refractivity contribution in [1.29, 1.82) is 0 Å². The minimum absolute atomic E-state index is 0.301. The lowest BCUT2D eigenvalue weighted by Gasteiger charge is -2.15. The number of rotatable bonds is 6. The van der Waals surface area contributed by atoms with Gasteiger partial charge in [-0.05, 0) is 18.2 Å². The molecule has 1 aromatic carbocycles. The second kappa shape index (κ2) is 7.34. The lowest BCUT2D eigenvalue weighted by Crippen LogP contribution is -2.22.